The van der Waals surface area contributed by atoms with Crippen LogP contribution in [0.5, 0.6) is 0 Å². The summed E-state index contributed by atoms with van der Waals surface area (Å²) in [4.78, 5) is 20.6. The molecule has 0 radical (unpaired) electrons. The Morgan fingerprint density at radius 2 is 2.22 bits per heavy atom. The number of hydrogen-bond donors (Lipinski definition) is 2. The van der Waals surface area contributed by atoms with Gasteiger partial charge in [0.25, 0.3) is 5.69 Å². The summed E-state index contributed by atoms with van der Waals surface area (Å²) in [7, 11) is 0. The van der Waals surface area contributed by atoms with E-state index in [0.717, 1.165) is 5.56 Å². The number of nitro benzene ring substituents is 1. The normalized spacial score (nSPS) is 10.3. The minimum atomic E-state index is -0.823. The molecule has 0 bridgehead atoms. The fraction of sp³-hybridized carbons (Fsp3) is 0.364. The zero-order valence-corrected chi connectivity index (χ0v) is 11.1. The van der Waals surface area contributed by atoms with E-state index in [1.165, 1.54) is 6.07 Å². The molecule has 7 heteroatoms. The minimum Gasteiger partial charge on any atom is -0.481 e. The number of carboxylic acids is 1. The third-order valence-electron chi connectivity index (χ3n) is 2.28. The van der Waals surface area contributed by atoms with Crippen molar-refractivity contribution in [1.29, 1.82) is 0 Å². The summed E-state index contributed by atoms with van der Waals surface area (Å²) in [6.07, 6.45) is 0.654. The van der Waals surface area contributed by atoms with E-state index in [9.17, 15) is 14.9 Å². The third-order valence-corrected chi connectivity index (χ3v) is 2.95. The Labute approximate surface area is 112 Å². The Morgan fingerprint density at radius 1 is 1.50 bits per heavy atom. The second kappa shape index (κ2) is 7.07. The first-order chi connectivity index (χ1) is 8.50. The third kappa shape index (κ3) is 4.80. The van der Waals surface area contributed by atoms with Crippen molar-refractivity contribution < 1.29 is 14.8 Å². The van der Waals surface area contributed by atoms with Crippen LogP contribution in [0.2, 0.25) is 0 Å². The van der Waals surface area contributed by atoms with Crippen molar-refractivity contribution >= 4 is 27.6 Å². The molecular formula is C11H13BrN2O4. The van der Waals surface area contributed by atoms with Crippen molar-refractivity contribution in [2.45, 2.75) is 19.4 Å². The lowest BCUT2D eigenvalue weighted by Crippen LogP contribution is -2.15. The molecule has 0 aromatic heterocycles. The predicted molar refractivity (Wildman–Crippen MR) is 69.4 cm³/mol. The molecule has 0 aliphatic carbocycles. The molecule has 1 rings (SSSR count). The number of nitro groups is 1. The lowest BCUT2D eigenvalue weighted by molar-refractivity contribution is -0.385. The lowest BCUT2D eigenvalue weighted by atomic mass is 10.2. The highest BCUT2D eigenvalue weighted by molar-refractivity contribution is 9.10. The fourth-order valence-electron chi connectivity index (χ4n) is 1.41. The van der Waals surface area contributed by atoms with E-state index in [0.29, 0.717) is 24.0 Å². The van der Waals surface area contributed by atoms with Crippen molar-refractivity contribution in [3.8, 4) is 0 Å². The summed E-state index contributed by atoms with van der Waals surface area (Å²) in [6, 6.07) is 4.90. The summed E-state index contributed by atoms with van der Waals surface area (Å²) >= 11 is 3.11. The molecule has 18 heavy (non-hydrogen) atoms. The zero-order valence-electron chi connectivity index (χ0n) is 9.56. The van der Waals surface area contributed by atoms with Crippen LogP contribution in [0.25, 0.3) is 0 Å². The predicted octanol–water partition coefficient (Wildman–Crippen LogP) is 2.31. The number of carbonyl (C=O) groups is 1. The first-order valence-corrected chi connectivity index (χ1v) is 6.15. The summed E-state index contributed by atoms with van der Waals surface area (Å²) in [5.41, 5.74) is 0.820. The highest BCUT2D eigenvalue weighted by Gasteiger charge is 2.11. The van der Waals surface area contributed by atoms with E-state index in [1.807, 2.05) is 0 Å². The molecule has 0 unspecified atom stereocenters. The maximum Gasteiger partial charge on any atom is 0.303 e. The maximum atomic E-state index is 10.7. The molecular weight excluding hydrogens is 304 g/mol. The van der Waals surface area contributed by atoms with Gasteiger partial charge in [-0.2, -0.15) is 0 Å². The first kappa shape index (κ1) is 14.6. The topological polar surface area (TPSA) is 92.5 Å². The molecule has 0 amide bonds. The largest absolute Gasteiger partial charge is 0.481 e. The Morgan fingerprint density at radius 3 is 2.83 bits per heavy atom. The van der Waals surface area contributed by atoms with E-state index in [-0.39, 0.29) is 12.1 Å². The highest BCUT2D eigenvalue weighted by atomic mass is 79.9. The standard InChI is InChI=1S/C11H13BrN2O4/c12-9-4-3-8(6-10(9)14(17)18)7-13-5-1-2-11(15)16/h3-4,6,13H,1-2,5,7H2,(H,15,16). The van der Waals surface area contributed by atoms with Gasteiger partial charge >= 0.3 is 5.97 Å². The Kier molecular flexibility index (Phi) is 5.73. The van der Waals surface area contributed by atoms with Gasteiger partial charge in [0.05, 0.1) is 9.40 Å². The minimum absolute atomic E-state index is 0.0276. The number of benzene rings is 1. The van der Waals surface area contributed by atoms with E-state index >= 15 is 0 Å². The number of hydrogen-bond acceptors (Lipinski definition) is 4. The molecule has 0 atom stereocenters. The van der Waals surface area contributed by atoms with Crippen LogP contribution in [0.15, 0.2) is 22.7 Å². The second-order valence-electron chi connectivity index (χ2n) is 3.72. The van der Waals surface area contributed by atoms with Crippen LogP contribution < -0.4 is 5.32 Å². The molecule has 0 spiro atoms. The number of nitrogens with zero attached hydrogens (tertiary/aromatic N) is 1. The van der Waals surface area contributed by atoms with Gasteiger partial charge in [0, 0.05) is 19.0 Å². The average Bonchev–Trinajstić information content (AvgIpc) is 2.30. The van der Waals surface area contributed by atoms with Gasteiger partial charge in [0.2, 0.25) is 0 Å². The van der Waals surface area contributed by atoms with Crippen molar-refractivity contribution in [3.05, 3.63) is 38.3 Å². The van der Waals surface area contributed by atoms with E-state index < -0.39 is 10.9 Å². The molecule has 0 fully saturated rings. The van der Waals surface area contributed by atoms with Crippen LogP contribution in [0.3, 0.4) is 0 Å². The van der Waals surface area contributed by atoms with Crippen LogP contribution in [-0.2, 0) is 11.3 Å². The quantitative estimate of drug-likeness (QED) is 0.457. The van der Waals surface area contributed by atoms with Gasteiger partial charge < -0.3 is 10.4 Å². The zero-order chi connectivity index (χ0) is 13.5. The van der Waals surface area contributed by atoms with Crippen molar-refractivity contribution in [2.75, 3.05) is 6.54 Å². The van der Waals surface area contributed by atoms with E-state index in [2.05, 4.69) is 21.2 Å². The van der Waals surface area contributed by atoms with Crippen LogP contribution >= 0.6 is 15.9 Å². The molecule has 1 aromatic carbocycles. The van der Waals surface area contributed by atoms with Crippen LogP contribution in [0.4, 0.5) is 5.69 Å². The second-order valence-corrected chi connectivity index (χ2v) is 4.57. The van der Waals surface area contributed by atoms with Gasteiger partial charge in [-0.3, -0.25) is 14.9 Å². The number of nitrogens with one attached hydrogen (secondary N) is 1. The maximum absolute atomic E-state index is 10.7. The lowest BCUT2D eigenvalue weighted by Gasteiger charge is -2.04. The molecule has 0 saturated carbocycles. The molecule has 0 heterocycles. The van der Waals surface area contributed by atoms with Crippen molar-refractivity contribution in [2.24, 2.45) is 0 Å². The molecule has 6 nitrogen and oxygen atoms in total. The number of rotatable bonds is 7. The molecule has 1 aromatic rings. The summed E-state index contributed by atoms with van der Waals surface area (Å²) in [5.74, 6) is -0.823. The fourth-order valence-corrected chi connectivity index (χ4v) is 1.80. The number of aliphatic carboxylic acids is 1. The monoisotopic (exact) mass is 316 g/mol. The average molecular weight is 317 g/mol. The van der Waals surface area contributed by atoms with Gasteiger partial charge in [-0.1, -0.05) is 6.07 Å². The van der Waals surface area contributed by atoms with E-state index in [1.54, 1.807) is 12.1 Å². The van der Waals surface area contributed by atoms with Gasteiger partial charge in [0.15, 0.2) is 0 Å². The Hall–Kier alpha value is -1.47. The summed E-state index contributed by atoms with van der Waals surface area (Å²) in [6.45, 7) is 1.05. The molecule has 0 aliphatic heterocycles. The van der Waals surface area contributed by atoms with Gasteiger partial charge in [-0.25, -0.2) is 0 Å². The van der Waals surface area contributed by atoms with Gasteiger partial charge in [-0.15, -0.1) is 0 Å². The number of carboxylic acid groups (broad SMARTS) is 1. The smallest absolute Gasteiger partial charge is 0.303 e. The first-order valence-electron chi connectivity index (χ1n) is 5.36. The number of halogens is 1. The molecule has 98 valence electrons. The summed E-state index contributed by atoms with van der Waals surface area (Å²) in [5, 5.41) is 22.2. The van der Waals surface area contributed by atoms with E-state index in [4.69, 9.17) is 5.11 Å². The SMILES string of the molecule is O=C(O)CCCNCc1ccc(Br)c([N+](=O)[O-])c1. The van der Waals surface area contributed by atoms with Crippen molar-refractivity contribution in [1.82, 2.24) is 5.32 Å². The summed E-state index contributed by atoms with van der Waals surface area (Å²) < 4.78 is 0.446. The van der Waals surface area contributed by atoms with Crippen LogP contribution in [0, 0.1) is 10.1 Å². The van der Waals surface area contributed by atoms with Crippen molar-refractivity contribution in [3.63, 3.8) is 0 Å². The Balaban J connectivity index is 2.45. The Bertz CT molecular complexity index is 451. The highest BCUT2D eigenvalue weighted by Crippen LogP contribution is 2.25. The van der Waals surface area contributed by atoms with Crippen LogP contribution in [0.1, 0.15) is 18.4 Å². The van der Waals surface area contributed by atoms with Gasteiger partial charge in [-0.05, 0) is 40.5 Å². The van der Waals surface area contributed by atoms with Crippen LogP contribution in [-0.4, -0.2) is 22.5 Å². The molecule has 0 aliphatic rings. The molecule has 2 N–H and O–H groups in total. The molecule has 0 saturated heterocycles. The van der Waals surface area contributed by atoms with Gasteiger partial charge in [0.1, 0.15) is 0 Å².